The van der Waals surface area contributed by atoms with Crippen molar-refractivity contribution >= 4 is 11.5 Å². The van der Waals surface area contributed by atoms with Gasteiger partial charge in [-0.1, -0.05) is 0 Å². The normalized spacial score (nSPS) is 10.5. The largest absolute Gasteiger partial charge is 0.396 e. The van der Waals surface area contributed by atoms with E-state index in [-0.39, 0.29) is 0 Å². The van der Waals surface area contributed by atoms with Crippen LogP contribution in [0.4, 0.5) is 11.5 Å². The van der Waals surface area contributed by atoms with Gasteiger partial charge < -0.3 is 11.1 Å². The van der Waals surface area contributed by atoms with Gasteiger partial charge in [-0.25, -0.2) is 9.97 Å². The monoisotopic (exact) mass is 232 g/mol. The van der Waals surface area contributed by atoms with E-state index in [1.165, 1.54) is 0 Å². The van der Waals surface area contributed by atoms with E-state index in [0.717, 1.165) is 30.4 Å². The predicted octanol–water partition coefficient (Wildman–Crippen LogP) is 0.984. The van der Waals surface area contributed by atoms with Crippen molar-refractivity contribution < 1.29 is 0 Å². The lowest BCUT2D eigenvalue weighted by molar-refractivity contribution is 0.637. The Bertz CT molecular complexity index is 484. The van der Waals surface area contributed by atoms with Crippen molar-refractivity contribution in [2.45, 2.75) is 20.4 Å². The topological polar surface area (TPSA) is 81.7 Å². The highest BCUT2D eigenvalue weighted by Gasteiger charge is 1.98. The second-order valence-electron chi connectivity index (χ2n) is 3.91. The van der Waals surface area contributed by atoms with E-state index in [2.05, 4.69) is 20.4 Å². The maximum absolute atomic E-state index is 5.58. The van der Waals surface area contributed by atoms with Gasteiger partial charge >= 0.3 is 0 Å². The Morgan fingerprint density at radius 1 is 1.35 bits per heavy atom. The number of nitrogens with two attached hydrogens (primary N) is 1. The average Bonchev–Trinajstić information content (AvgIpc) is 2.63. The zero-order valence-corrected chi connectivity index (χ0v) is 10.0. The summed E-state index contributed by atoms with van der Waals surface area (Å²) in [6.07, 6.45) is 3.44. The van der Waals surface area contributed by atoms with Crippen LogP contribution >= 0.6 is 0 Å². The maximum atomic E-state index is 5.58. The van der Waals surface area contributed by atoms with Crippen molar-refractivity contribution in [3.8, 4) is 0 Å². The first-order chi connectivity index (χ1) is 8.13. The zero-order valence-electron chi connectivity index (χ0n) is 10.0. The van der Waals surface area contributed by atoms with Crippen LogP contribution in [0, 0.1) is 13.8 Å². The lowest BCUT2D eigenvalue weighted by Gasteiger charge is -2.07. The number of nitrogens with one attached hydrogen (secondary N) is 1. The first-order valence-electron chi connectivity index (χ1n) is 5.47. The molecule has 0 aromatic carbocycles. The molecular weight excluding hydrogens is 216 g/mol. The van der Waals surface area contributed by atoms with Gasteiger partial charge in [0.25, 0.3) is 0 Å². The fourth-order valence-electron chi connectivity index (χ4n) is 1.61. The summed E-state index contributed by atoms with van der Waals surface area (Å²) < 4.78 is 1.79. The Morgan fingerprint density at radius 2 is 2.18 bits per heavy atom. The van der Waals surface area contributed by atoms with E-state index in [0.29, 0.717) is 5.69 Å². The van der Waals surface area contributed by atoms with E-state index < -0.39 is 0 Å². The lowest BCUT2D eigenvalue weighted by Crippen LogP contribution is -2.12. The van der Waals surface area contributed by atoms with E-state index in [1.54, 1.807) is 17.1 Å². The van der Waals surface area contributed by atoms with E-state index >= 15 is 0 Å². The summed E-state index contributed by atoms with van der Waals surface area (Å²) in [7, 11) is 0. The molecule has 0 aliphatic heterocycles. The molecule has 0 aliphatic carbocycles. The van der Waals surface area contributed by atoms with Gasteiger partial charge in [-0.15, -0.1) is 0 Å². The summed E-state index contributed by atoms with van der Waals surface area (Å²) in [6.45, 7) is 5.33. The fourth-order valence-corrected chi connectivity index (χ4v) is 1.61. The van der Waals surface area contributed by atoms with Crippen LogP contribution in [0.3, 0.4) is 0 Å². The molecule has 0 aliphatic rings. The Balaban J connectivity index is 1.89. The SMILES string of the molecule is Cc1cc(NCCn2cc(N)cn2)nc(C)n1. The molecule has 0 atom stereocenters. The molecule has 90 valence electrons. The molecule has 2 aromatic heterocycles. The van der Waals surface area contributed by atoms with Gasteiger partial charge in [-0.3, -0.25) is 4.68 Å². The molecule has 0 saturated carbocycles. The average molecular weight is 232 g/mol. The van der Waals surface area contributed by atoms with Gasteiger partial charge in [-0.05, 0) is 13.8 Å². The van der Waals surface area contributed by atoms with Crippen molar-refractivity contribution in [2.24, 2.45) is 0 Å². The second-order valence-corrected chi connectivity index (χ2v) is 3.91. The third kappa shape index (κ3) is 3.17. The lowest BCUT2D eigenvalue weighted by atomic mass is 10.4. The van der Waals surface area contributed by atoms with Crippen molar-refractivity contribution in [2.75, 3.05) is 17.6 Å². The number of nitrogen functional groups attached to an aromatic ring is 1. The van der Waals surface area contributed by atoms with E-state index in [4.69, 9.17) is 5.73 Å². The molecule has 0 unspecified atom stereocenters. The number of hydrogen-bond donors (Lipinski definition) is 2. The van der Waals surface area contributed by atoms with Crippen molar-refractivity contribution in [1.82, 2.24) is 19.7 Å². The number of rotatable bonds is 4. The summed E-state index contributed by atoms with van der Waals surface area (Å²) in [5.74, 6) is 1.62. The Morgan fingerprint density at radius 3 is 2.82 bits per heavy atom. The molecule has 6 nitrogen and oxygen atoms in total. The number of aromatic nitrogens is 4. The zero-order chi connectivity index (χ0) is 12.3. The molecule has 2 rings (SSSR count). The third-order valence-electron chi connectivity index (χ3n) is 2.27. The minimum absolute atomic E-state index is 0.679. The quantitative estimate of drug-likeness (QED) is 0.821. The van der Waals surface area contributed by atoms with Crippen LogP contribution < -0.4 is 11.1 Å². The Kier molecular flexibility index (Phi) is 3.22. The van der Waals surface area contributed by atoms with Gasteiger partial charge in [0.2, 0.25) is 0 Å². The van der Waals surface area contributed by atoms with Crippen LogP contribution in [-0.4, -0.2) is 26.3 Å². The molecule has 6 heteroatoms. The van der Waals surface area contributed by atoms with Crippen LogP contribution in [0.25, 0.3) is 0 Å². The first kappa shape index (κ1) is 11.4. The molecule has 0 radical (unpaired) electrons. The molecule has 2 heterocycles. The Labute approximate surface area is 99.9 Å². The summed E-state index contributed by atoms with van der Waals surface area (Å²) in [4.78, 5) is 8.51. The second kappa shape index (κ2) is 4.82. The van der Waals surface area contributed by atoms with Crippen LogP contribution in [0.1, 0.15) is 11.5 Å². The highest BCUT2D eigenvalue weighted by molar-refractivity contribution is 5.35. The van der Waals surface area contributed by atoms with Gasteiger partial charge in [-0.2, -0.15) is 5.10 Å². The molecule has 17 heavy (non-hydrogen) atoms. The molecule has 3 N–H and O–H groups in total. The molecule has 0 fully saturated rings. The van der Waals surface area contributed by atoms with Gasteiger partial charge in [0, 0.05) is 24.5 Å². The Hall–Kier alpha value is -2.11. The number of hydrogen-bond acceptors (Lipinski definition) is 5. The van der Waals surface area contributed by atoms with Crippen molar-refractivity contribution in [3.63, 3.8) is 0 Å². The molecule has 0 amide bonds. The van der Waals surface area contributed by atoms with Crippen LogP contribution in [0.5, 0.6) is 0 Å². The minimum atomic E-state index is 0.679. The molecule has 2 aromatic rings. The van der Waals surface area contributed by atoms with Gasteiger partial charge in [0.1, 0.15) is 11.6 Å². The predicted molar refractivity (Wildman–Crippen MR) is 66.6 cm³/mol. The molecule has 0 saturated heterocycles. The van der Waals surface area contributed by atoms with Crippen LogP contribution in [-0.2, 0) is 6.54 Å². The van der Waals surface area contributed by atoms with Gasteiger partial charge in [0.15, 0.2) is 0 Å². The highest BCUT2D eigenvalue weighted by atomic mass is 15.3. The van der Waals surface area contributed by atoms with Crippen LogP contribution in [0.15, 0.2) is 18.5 Å². The molecular formula is C11H16N6. The van der Waals surface area contributed by atoms with Crippen molar-refractivity contribution in [3.05, 3.63) is 30.0 Å². The summed E-state index contributed by atoms with van der Waals surface area (Å²) in [5.41, 5.74) is 7.22. The van der Waals surface area contributed by atoms with Crippen molar-refractivity contribution in [1.29, 1.82) is 0 Å². The van der Waals surface area contributed by atoms with Gasteiger partial charge in [0.05, 0.1) is 18.4 Å². The highest BCUT2D eigenvalue weighted by Crippen LogP contribution is 2.05. The summed E-state index contributed by atoms with van der Waals surface area (Å²) >= 11 is 0. The molecule has 0 bridgehead atoms. The van der Waals surface area contributed by atoms with E-state index in [1.807, 2.05) is 19.9 Å². The number of anilines is 2. The standard InChI is InChI=1S/C11H16N6/c1-8-5-11(16-9(2)15-8)13-3-4-17-7-10(12)6-14-17/h5-7H,3-4,12H2,1-2H3,(H,13,15,16). The smallest absolute Gasteiger partial charge is 0.129 e. The minimum Gasteiger partial charge on any atom is -0.396 e. The fraction of sp³-hybridized carbons (Fsp3) is 0.364. The molecule has 0 spiro atoms. The van der Waals surface area contributed by atoms with E-state index in [9.17, 15) is 0 Å². The summed E-state index contributed by atoms with van der Waals surface area (Å²) in [5, 5.41) is 7.33. The number of nitrogens with zero attached hydrogens (tertiary/aromatic N) is 4. The maximum Gasteiger partial charge on any atom is 0.129 e. The van der Waals surface area contributed by atoms with Crippen LogP contribution in [0.2, 0.25) is 0 Å². The first-order valence-corrected chi connectivity index (χ1v) is 5.47. The summed E-state index contributed by atoms with van der Waals surface area (Å²) in [6, 6.07) is 1.92. The third-order valence-corrected chi connectivity index (χ3v) is 2.27. The number of aryl methyl sites for hydroxylation is 2.